The van der Waals surface area contributed by atoms with Crippen LogP contribution < -0.4 is 10.6 Å². The largest absolute Gasteiger partial charge is 0.459 e. The highest BCUT2D eigenvalue weighted by molar-refractivity contribution is 8.01. The quantitative estimate of drug-likeness (QED) is 0.555. The minimum absolute atomic E-state index is 0.0173. The van der Waals surface area contributed by atoms with E-state index in [4.69, 9.17) is 4.74 Å². The maximum Gasteiger partial charge on any atom is 0.307 e. The SMILES string of the molecule is Cc1ccc(Nc2nc(COC(=O)C[C@H]3Sc4ccccc4NC3=O)cs2)cc1. The molecule has 1 aromatic heterocycles. The topological polar surface area (TPSA) is 80.3 Å². The molecule has 1 aliphatic rings. The fourth-order valence-corrected chi connectivity index (χ4v) is 4.59. The van der Waals surface area contributed by atoms with Gasteiger partial charge in [-0.2, -0.15) is 0 Å². The van der Waals surface area contributed by atoms with Crippen molar-refractivity contribution >= 4 is 51.5 Å². The summed E-state index contributed by atoms with van der Waals surface area (Å²) in [7, 11) is 0. The average molecular weight is 426 g/mol. The zero-order valence-corrected chi connectivity index (χ0v) is 17.3. The van der Waals surface area contributed by atoms with E-state index in [1.54, 1.807) is 0 Å². The van der Waals surface area contributed by atoms with Crippen LogP contribution in [0.1, 0.15) is 17.7 Å². The Labute approximate surface area is 176 Å². The molecule has 6 nitrogen and oxygen atoms in total. The number of esters is 1. The number of aryl methyl sites for hydroxylation is 1. The number of anilines is 3. The number of hydrogen-bond donors (Lipinski definition) is 2. The number of aromatic nitrogens is 1. The predicted octanol–water partition coefficient (Wildman–Crippen LogP) is 4.74. The number of hydrogen-bond acceptors (Lipinski definition) is 7. The molecule has 0 bridgehead atoms. The number of fused-ring (bicyclic) bond motifs is 1. The van der Waals surface area contributed by atoms with Crippen molar-refractivity contribution in [1.29, 1.82) is 0 Å². The summed E-state index contributed by atoms with van der Waals surface area (Å²) in [6, 6.07) is 15.6. The van der Waals surface area contributed by atoms with Crippen molar-refractivity contribution in [2.45, 2.75) is 30.1 Å². The van der Waals surface area contributed by atoms with Gasteiger partial charge in [0.15, 0.2) is 5.13 Å². The van der Waals surface area contributed by atoms with E-state index in [9.17, 15) is 9.59 Å². The number of benzene rings is 2. The molecular weight excluding hydrogens is 406 g/mol. The normalized spacial score (nSPS) is 15.3. The highest BCUT2D eigenvalue weighted by Gasteiger charge is 2.29. The number of carbonyl (C=O) groups is 2. The maximum absolute atomic E-state index is 12.2. The van der Waals surface area contributed by atoms with Gasteiger partial charge in [-0.25, -0.2) is 4.98 Å². The Hall–Kier alpha value is -2.84. The molecule has 2 aromatic carbocycles. The van der Waals surface area contributed by atoms with Gasteiger partial charge in [0.2, 0.25) is 5.91 Å². The van der Waals surface area contributed by atoms with Crippen LogP contribution in [0.25, 0.3) is 0 Å². The number of thiazole rings is 1. The van der Waals surface area contributed by atoms with Crippen LogP contribution in [0.15, 0.2) is 58.8 Å². The first kappa shape index (κ1) is 19.5. The standard InChI is InChI=1S/C21H19N3O3S2/c1-13-6-8-14(9-7-13)22-21-23-15(12-28-21)11-27-19(25)10-18-20(26)24-16-4-2-3-5-17(16)29-18/h2-9,12,18H,10-11H2,1H3,(H,22,23)(H,24,26)/t18-/m1/s1. The number of nitrogens with zero attached hydrogens (tertiary/aromatic N) is 1. The van der Waals surface area contributed by atoms with Crippen LogP contribution in [0.3, 0.4) is 0 Å². The van der Waals surface area contributed by atoms with Crippen molar-refractivity contribution in [2.75, 3.05) is 10.6 Å². The monoisotopic (exact) mass is 425 g/mol. The van der Waals surface area contributed by atoms with E-state index in [2.05, 4.69) is 15.6 Å². The van der Waals surface area contributed by atoms with Crippen LogP contribution in [0.4, 0.5) is 16.5 Å². The van der Waals surface area contributed by atoms with E-state index < -0.39 is 11.2 Å². The summed E-state index contributed by atoms with van der Waals surface area (Å²) < 4.78 is 5.33. The molecule has 148 valence electrons. The van der Waals surface area contributed by atoms with Crippen LogP contribution >= 0.6 is 23.1 Å². The van der Waals surface area contributed by atoms with Crippen LogP contribution in [-0.4, -0.2) is 22.1 Å². The maximum atomic E-state index is 12.2. The lowest BCUT2D eigenvalue weighted by Crippen LogP contribution is -2.31. The molecule has 4 rings (SSSR count). The van der Waals surface area contributed by atoms with Crippen LogP contribution in [0.2, 0.25) is 0 Å². The fraction of sp³-hybridized carbons (Fsp3) is 0.190. The molecule has 0 saturated carbocycles. The van der Waals surface area contributed by atoms with Gasteiger partial charge in [-0.15, -0.1) is 23.1 Å². The molecule has 1 atom stereocenters. The van der Waals surface area contributed by atoms with Gasteiger partial charge in [0.05, 0.1) is 23.1 Å². The Morgan fingerprint density at radius 2 is 2.00 bits per heavy atom. The summed E-state index contributed by atoms with van der Waals surface area (Å²) >= 11 is 2.83. The van der Waals surface area contributed by atoms with Crippen molar-refractivity contribution in [1.82, 2.24) is 4.98 Å². The van der Waals surface area contributed by atoms with E-state index in [1.807, 2.05) is 60.8 Å². The van der Waals surface area contributed by atoms with E-state index in [0.29, 0.717) is 5.69 Å². The second-order valence-electron chi connectivity index (χ2n) is 6.59. The van der Waals surface area contributed by atoms with Crippen LogP contribution in [0.5, 0.6) is 0 Å². The lowest BCUT2D eigenvalue weighted by Gasteiger charge is -2.23. The molecule has 0 radical (unpaired) electrons. The van der Waals surface area contributed by atoms with Gasteiger partial charge in [0, 0.05) is 16.0 Å². The van der Waals surface area contributed by atoms with Crippen molar-refractivity contribution in [3.8, 4) is 0 Å². The van der Waals surface area contributed by atoms with Gasteiger partial charge in [-0.3, -0.25) is 9.59 Å². The minimum atomic E-state index is -0.494. The van der Waals surface area contributed by atoms with E-state index in [-0.39, 0.29) is 18.9 Å². The Bertz CT molecular complexity index is 1030. The molecule has 2 heterocycles. The van der Waals surface area contributed by atoms with Crippen molar-refractivity contribution < 1.29 is 14.3 Å². The second kappa shape index (κ2) is 8.67. The number of amides is 1. The Morgan fingerprint density at radius 3 is 2.83 bits per heavy atom. The highest BCUT2D eigenvalue weighted by atomic mass is 32.2. The van der Waals surface area contributed by atoms with Crippen LogP contribution in [0, 0.1) is 6.92 Å². The van der Waals surface area contributed by atoms with E-state index >= 15 is 0 Å². The first-order valence-electron chi connectivity index (χ1n) is 9.07. The number of nitrogens with one attached hydrogen (secondary N) is 2. The summed E-state index contributed by atoms with van der Waals surface area (Å²) in [5.41, 5.74) is 3.59. The van der Waals surface area contributed by atoms with Gasteiger partial charge in [-0.1, -0.05) is 29.8 Å². The molecule has 1 amide bonds. The van der Waals surface area contributed by atoms with E-state index in [1.165, 1.54) is 28.7 Å². The fourth-order valence-electron chi connectivity index (χ4n) is 2.78. The number of thioether (sulfide) groups is 1. The molecule has 0 aliphatic carbocycles. The Kier molecular flexibility index (Phi) is 5.82. The van der Waals surface area contributed by atoms with Gasteiger partial charge in [0.25, 0.3) is 0 Å². The summed E-state index contributed by atoms with van der Waals surface area (Å²) in [6.45, 7) is 2.12. The molecular formula is C21H19N3O3S2. The molecule has 3 aromatic rings. The van der Waals surface area contributed by atoms with E-state index in [0.717, 1.165) is 21.4 Å². The third-order valence-electron chi connectivity index (χ3n) is 4.29. The van der Waals surface area contributed by atoms with Gasteiger partial charge in [-0.05, 0) is 31.2 Å². The first-order chi connectivity index (χ1) is 14.1. The van der Waals surface area contributed by atoms with Crippen molar-refractivity contribution in [2.24, 2.45) is 0 Å². The first-order valence-corrected chi connectivity index (χ1v) is 10.8. The second-order valence-corrected chi connectivity index (χ2v) is 8.69. The summed E-state index contributed by atoms with van der Waals surface area (Å²) in [5, 5.41) is 8.15. The molecule has 1 aliphatic heterocycles. The smallest absolute Gasteiger partial charge is 0.307 e. The molecule has 29 heavy (non-hydrogen) atoms. The predicted molar refractivity (Wildman–Crippen MR) is 116 cm³/mol. The van der Waals surface area contributed by atoms with Crippen LogP contribution in [-0.2, 0) is 20.9 Å². The van der Waals surface area contributed by atoms with Crippen molar-refractivity contribution in [3.63, 3.8) is 0 Å². The van der Waals surface area contributed by atoms with Gasteiger partial charge in [0.1, 0.15) is 6.61 Å². The third kappa shape index (κ3) is 4.96. The third-order valence-corrected chi connectivity index (χ3v) is 6.38. The minimum Gasteiger partial charge on any atom is -0.459 e. The Balaban J connectivity index is 1.28. The number of para-hydroxylation sites is 1. The number of ether oxygens (including phenoxy) is 1. The molecule has 0 unspecified atom stereocenters. The summed E-state index contributed by atoms with van der Waals surface area (Å²) in [5.74, 6) is -0.595. The zero-order chi connectivity index (χ0) is 20.2. The molecule has 2 N–H and O–H groups in total. The van der Waals surface area contributed by atoms with Crippen molar-refractivity contribution in [3.05, 3.63) is 65.2 Å². The molecule has 0 saturated heterocycles. The summed E-state index contributed by atoms with van der Waals surface area (Å²) in [4.78, 5) is 29.8. The number of rotatable bonds is 6. The molecule has 8 heteroatoms. The zero-order valence-electron chi connectivity index (χ0n) is 15.7. The average Bonchev–Trinajstić information content (AvgIpc) is 3.16. The summed E-state index contributed by atoms with van der Waals surface area (Å²) in [6.07, 6.45) is 0.0173. The molecule has 0 fully saturated rings. The molecule has 0 spiro atoms. The lowest BCUT2D eigenvalue weighted by molar-refractivity contribution is -0.145. The lowest BCUT2D eigenvalue weighted by atomic mass is 10.2. The Morgan fingerprint density at radius 1 is 1.21 bits per heavy atom. The van der Waals surface area contributed by atoms with Gasteiger partial charge >= 0.3 is 5.97 Å². The van der Waals surface area contributed by atoms with Gasteiger partial charge < -0.3 is 15.4 Å². The highest BCUT2D eigenvalue weighted by Crippen LogP contribution is 2.36. The number of carbonyl (C=O) groups excluding carboxylic acids is 2.